The number of imide groups is 1. The summed E-state index contributed by atoms with van der Waals surface area (Å²) in [5, 5.41) is 13.9. The second kappa shape index (κ2) is 9.65. The van der Waals surface area contributed by atoms with Crippen LogP contribution in [0.5, 0.6) is 0 Å². The molecule has 8 nitrogen and oxygen atoms in total. The van der Waals surface area contributed by atoms with Gasteiger partial charge in [-0.25, -0.2) is 9.18 Å². The minimum Gasteiger partial charge on any atom is -0.336 e. The van der Waals surface area contributed by atoms with Gasteiger partial charge in [0.25, 0.3) is 0 Å². The van der Waals surface area contributed by atoms with E-state index in [1.165, 1.54) is 12.1 Å². The van der Waals surface area contributed by atoms with Crippen LogP contribution in [-0.4, -0.2) is 52.6 Å². The topological polar surface area (TPSA) is 93.3 Å². The number of halogens is 1. The third-order valence-corrected chi connectivity index (χ3v) is 4.93. The van der Waals surface area contributed by atoms with E-state index in [-0.39, 0.29) is 23.7 Å². The van der Waals surface area contributed by atoms with Gasteiger partial charge in [-0.15, -0.1) is 10.2 Å². The molecule has 2 aromatic rings. The number of carbonyl (C=O) groups excluding carboxylic acids is 2. The SMILES string of the molecule is CC(C)NC(=O)NC(=O)CSc1nnc([C@H](C)[NH+](C)C)n1-c1ccc(F)cc1. The molecule has 0 unspecified atom stereocenters. The van der Waals surface area contributed by atoms with Gasteiger partial charge in [0.15, 0.2) is 11.0 Å². The molecule has 0 aliphatic carbocycles. The summed E-state index contributed by atoms with van der Waals surface area (Å²) in [5.74, 6) is -0.0836. The number of nitrogens with zero attached hydrogens (tertiary/aromatic N) is 3. The van der Waals surface area contributed by atoms with Crippen molar-refractivity contribution in [2.24, 2.45) is 0 Å². The molecule has 0 saturated heterocycles. The Balaban J connectivity index is 2.21. The number of nitrogens with one attached hydrogen (secondary N) is 3. The quantitative estimate of drug-likeness (QED) is 0.592. The van der Waals surface area contributed by atoms with Crippen molar-refractivity contribution in [2.45, 2.75) is 38.0 Å². The second-order valence-corrected chi connectivity index (χ2v) is 7.86. The number of aromatic nitrogens is 3. The Morgan fingerprint density at radius 2 is 1.82 bits per heavy atom. The summed E-state index contributed by atoms with van der Waals surface area (Å²) in [5.41, 5.74) is 0.704. The minimum atomic E-state index is -0.536. The summed E-state index contributed by atoms with van der Waals surface area (Å²) in [4.78, 5) is 24.8. The maximum atomic E-state index is 13.3. The molecule has 1 aromatic carbocycles. The number of carbonyl (C=O) groups is 2. The van der Waals surface area contributed by atoms with Gasteiger partial charge in [0.1, 0.15) is 11.9 Å². The summed E-state index contributed by atoms with van der Waals surface area (Å²) in [6, 6.07) is 5.43. The molecule has 152 valence electrons. The first-order chi connectivity index (χ1) is 13.2. The molecule has 3 N–H and O–H groups in total. The molecule has 10 heteroatoms. The molecule has 0 aliphatic rings. The normalized spacial score (nSPS) is 12.3. The van der Waals surface area contributed by atoms with Crippen LogP contribution in [-0.2, 0) is 4.79 Å². The van der Waals surface area contributed by atoms with E-state index in [9.17, 15) is 14.0 Å². The predicted octanol–water partition coefficient (Wildman–Crippen LogP) is 0.938. The Hall–Kier alpha value is -2.46. The van der Waals surface area contributed by atoms with E-state index in [4.69, 9.17) is 0 Å². The lowest BCUT2D eigenvalue weighted by molar-refractivity contribution is -0.890. The van der Waals surface area contributed by atoms with Gasteiger partial charge in [-0.1, -0.05) is 11.8 Å². The lowest BCUT2D eigenvalue weighted by Gasteiger charge is -2.18. The van der Waals surface area contributed by atoms with Crippen LogP contribution in [0.1, 0.15) is 32.6 Å². The fourth-order valence-electron chi connectivity index (χ4n) is 2.34. The number of hydrogen-bond donors (Lipinski definition) is 3. The highest BCUT2D eigenvalue weighted by atomic mass is 32.2. The highest BCUT2D eigenvalue weighted by Crippen LogP contribution is 2.24. The van der Waals surface area contributed by atoms with Gasteiger partial charge in [0, 0.05) is 11.7 Å². The molecule has 0 spiro atoms. The zero-order valence-electron chi connectivity index (χ0n) is 16.6. The van der Waals surface area contributed by atoms with Crippen LogP contribution in [0.15, 0.2) is 29.4 Å². The lowest BCUT2D eigenvalue weighted by atomic mass is 10.2. The number of urea groups is 1. The van der Waals surface area contributed by atoms with Gasteiger partial charge in [0.2, 0.25) is 5.91 Å². The van der Waals surface area contributed by atoms with Crippen molar-refractivity contribution in [3.8, 4) is 5.69 Å². The summed E-state index contributed by atoms with van der Waals surface area (Å²) >= 11 is 1.16. The zero-order chi connectivity index (χ0) is 20.8. The molecule has 0 radical (unpaired) electrons. The number of thioether (sulfide) groups is 1. The monoisotopic (exact) mass is 409 g/mol. The highest BCUT2D eigenvalue weighted by Gasteiger charge is 2.24. The van der Waals surface area contributed by atoms with Crippen LogP contribution < -0.4 is 15.5 Å². The van der Waals surface area contributed by atoms with Crippen LogP contribution in [0.4, 0.5) is 9.18 Å². The van der Waals surface area contributed by atoms with Crippen LogP contribution in [0.2, 0.25) is 0 Å². The van der Waals surface area contributed by atoms with Gasteiger partial charge >= 0.3 is 6.03 Å². The Labute approximate surface area is 167 Å². The molecule has 1 aromatic heterocycles. The molecule has 0 saturated carbocycles. The first kappa shape index (κ1) is 21.8. The number of quaternary nitrogens is 1. The molecular weight excluding hydrogens is 383 g/mol. The van der Waals surface area contributed by atoms with Gasteiger partial charge in [-0.3, -0.25) is 14.7 Å². The van der Waals surface area contributed by atoms with Crippen LogP contribution in [0.3, 0.4) is 0 Å². The van der Waals surface area contributed by atoms with E-state index in [1.54, 1.807) is 26.0 Å². The first-order valence-electron chi connectivity index (χ1n) is 8.93. The van der Waals surface area contributed by atoms with E-state index in [0.29, 0.717) is 16.7 Å². The van der Waals surface area contributed by atoms with Crippen LogP contribution in [0, 0.1) is 5.82 Å². The van der Waals surface area contributed by atoms with Crippen molar-refractivity contribution in [1.82, 2.24) is 25.4 Å². The maximum Gasteiger partial charge on any atom is 0.321 e. The largest absolute Gasteiger partial charge is 0.336 e. The van der Waals surface area contributed by atoms with Crippen molar-refractivity contribution in [2.75, 3.05) is 19.8 Å². The van der Waals surface area contributed by atoms with E-state index in [1.807, 2.05) is 25.6 Å². The molecular formula is C18H26FN6O2S+. The number of rotatable bonds is 7. The Kier molecular flexibility index (Phi) is 7.53. The van der Waals surface area contributed by atoms with Crippen molar-refractivity contribution < 1.29 is 18.9 Å². The van der Waals surface area contributed by atoms with E-state index in [0.717, 1.165) is 16.7 Å². The molecule has 3 amide bonds. The predicted molar refractivity (Wildman–Crippen MR) is 105 cm³/mol. The fourth-order valence-corrected chi connectivity index (χ4v) is 3.10. The fraction of sp³-hybridized carbons (Fsp3) is 0.444. The van der Waals surface area contributed by atoms with Crippen LogP contribution in [0.25, 0.3) is 5.69 Å². The minimum absolute atomic E-state index is 0.00591. The summed E-state index contributed by atoms with van der Waals surface area (Å²) in [7, 11) is 4.00. The smallest absolute Gasteiger partial charge is 0.321 e. The number of hydrogen-bond acceptors (Lipinski definition) is 5. The molecule has 0 aliphatic heterocycles. The van der Waals surface area contributed by atoms with Crippen molar-refractivity contribution in [1.29, 1.82) is 0 Å². The molecule has 0 fully saturated rings. The number of benzene rings is 1. The maximum absolute atomic E-state index is 13.3. The molecule has 0 bridgehead atoms. The van der Waals surface area contributed by atoms with Gasteiger partial charge in [-0.05, 0) is 45.0 Å². The summed E-state index contributed by atoms with van der Waals surface area (Å²) < 4.78 is 15.2. The Morgan fingerprint density at radius 3 is 2.39 bits per heavy atom. The molecule has 2 rings (SSSR count). The standard InChI is InChI=1S/C18H25FN6O2S/c1-11(2)20-17(27)21-15(26)10-28-18-23-22-16(12(3)24(4)5)25(18)14-8-6-13(19)7-9-14/h6-9,11-12H,10H2,1-5H3,(H2,20,21,26,27)/p+1/t12-/m0/s1. The van der Waals surface area contributed by atoms with E-state index in [2.05, 4.69) is 20.8 Å². The number of amides is 3. The average molecular weight is 410 g/mol. The first-order valence-corrected chi connectivity index (χ1v) is 9.92. The summed E-state index contributed by atoms with van der Waals surface area (Å²) in [6.07, 6.45) is 0. The van der Waals surface area contributed by atoms with Gasteiger partial charge < -0.3 is 10.2 Å². The third-order valence-electron chi connectivity index (χ3n) is 4.00. The highest BCUT2D eigenvalue weighted by molar-refractivity contribution is 7.99. The van der Waals surface area contributed by atoms with Crippen LogP contribution >= 0.6 is 11.8 Å². The Bertz CT molecular complexity index is 822. The lowest BCUT2D eigenvalue weighted by Crippen LogP contribution is -3.05. The zero-order valence-corrected chi connectivity index (χ0v) is 17.4. The van der Waals surface area contributed by atoms with E-state index < -0.39 is 11.9 Å². The van der Waals surface area contributed by atoms with E-state index >= 15 is 0 Å². The second-order valence-electron chi connectivity index (χ2n) is 6.92. The van der Waals surface area contributed by atoms with Gasteiger partial charge in [-0.2, -0.15) is 0 Å². The molecule has 1 atom stereocenters. The average Bonchev–Trinajstić information content (AvgIpc) is 3.02. The Morgan fingerprint density at radius 1 is 1.18 bits per heavy atom. The van der Waals surface area contributed by atoms with Gasteiger partial charge in [0.05, 0.1) is 19.8 Å². The van der Waals surface area contributed by atoms with Crippen molar-refractivity contribution in [3.63, 3.8) is 0 Å². The van der Waals surface area contributed by atoms with Crippen molar-refractivity contribution >= 4 is 23.7 Å². The third kappa shape index (κ3) is 5.77. The van der Waals surface area contributed by atoms with Crippen molar-refractivity contribution in [3.05, 3.63) is 35.9 Å². The molecule has 1 heterocycles. The molecule has 28 heavy (non-hydrogen) atoms. The summed E-state index contributed by atoms with van der Waals surface area (Å²) in [6.45, 7) is 5.62.